The molecule has 0 aliphatic rings. The minimum Gasteiger partial charge on any atom is -0.465 e. The van der Waals surface area contributed by atoms with Crippen molar-refractivity contribution in [1.82, 2.24) is 4.98 Å². The third-order valence-corrected chi connectivity index (χ3v) is 2.23. The van der Waals surface area contributed by atoms with E-state index in [0.717, 1.165) is 11.7 Å². The molecule has 0 saturated carbocycles. The van der Waals surface area contributed by atoms with Gasteiger partial charge < -0.3 is 9.47 Å². The quantitative estimate of drug-likeness (QED) is 0.580. The summed E-state index contributed by atoms with van der Waals surface area (Å²) in [4.78, 5) is 15.1. The van der Waals surface area contributed by atoms with E-state index in [4.69, 9.17) is 9.47 Å². The number of benzene rings is 1. The molecule has 2 aromatic rings. The van der Waals surface area contributed by atoms with E-state index in [2.05, 4.69) is 4.98 Å². The standard InChI is InChI=1S/C12H11NO3/c1-15-8-16-11-5-4-9(7-14)10-3-2-6-13-12(10)11/h2-7H,8H2,1H3. The number of hydrogen-bond acceptors (Lipinski definition) is 4. The molecule has 0 radical (unpaired) electrons. The van der Waals surface area contributed by atoms with Crippen molar-refractivity contribution in [3.63, 3.8) is 0 Å². The Hall–Kier alpha value is -1.94. The molecule has 2 rings (SSSR count). The van der Waals surface area contributed by atoms with Gasteiger partial charge in [-0.25, -0.2) is 0 Å². The van der Waals surface area contributed by atoms with Crippen LogP contribution < -0.4 is 4.74 Å². The van der Waals surface area contributed by atoms with Crippen molar-refractivity contribution in [1.29, 1.82) is 0 Å². The van der Waals surface area contributed by atoms with Crippen molar-refractivity contribution >= 4 is 17.2 Å². The third-order valence-electron chi connectivity index (χ3n) is 2.23. The Morgan fingerprint density at radius 3 is 3.00 bits per heavy atom. The molecule has 0 unspecified atom stereocenters. The summed E-state index contributed by atoms with van der Waals surface area (Å²) in [5.74, 6) is 0.614. The van der Waals surface area contributed by atoms with Crippen LogP contribution in [0.3, 0.4) is 0 Å². The Balaban J connectivity index is 2.55. The molecule has 0 spiro atoms. The van der Waals surface area contributed by atoms with Gasteiger partial charge in [0.25, 0.3) is 0 Å². The van der Waals surface area contributed by atoms with Gasteiger partial charge in [-0.05, 0) is 18.2 Å². The van der Waals surface area contributed by atoms with Gasteiger partial charge in [0.05, 0.1) is 0 Å². The van der Waals surface area contributed by atoms with E-state index < -0.39 is 0 Å². The number of carbonyl (C=O) groups is 1. The van der Waals surface area contributed by atoms with E-state index >= 15 is 0 Å². The lowest BCUT2D eigenvalue weighted by Crippen LogP contribution is -2.00. The van der Waals surface area contributed by atoms with Crippen molar-refractivity contribution in [2.75, 3.05) is 13.9 Å². The van der Waals surface area contributed by atoms with Crippen LogP contribution in [0.1, 0.15) is 10.4 Å². The summed E-state index contributed by atoms with van der Waals surface area (Å²) in [6.07, 6.45) is 2.47. The van der Waals surface area contributed by atoms with E-state index in [1.54, 1.807) is 31.5 Å². The first-order chi connectivity index (χ1) is 7.86. The van der Waals surface area contributed by atoms with Crippen molar-refractivity contribution in [2.24, 2.45) is 0 Å². The Kier molecular flexibility index (Phi) is 3.12. The van der Waals surface area contributed by atoms with Crippen LogP contribution >= 0.6 is 0 Å². The van der Waals surface area contributed by atoms with Crippen LogP contribution in [0.2, 0.25) is 0 Å². The molecular weight excluding hydrogens is 206 g/mol. The molecule has 1 heterocycles. The van der Waals surface area contributed by atoms with Crippen LogP contribution in [0.4, 0.5) is 0 Å². The van der Waals surface area contributed by atoms with Crippen molar-refractivity contribution < 1.29 is 14.3 Å². The smallest absolute Gasteiger partial charge is 0.188 e. The van der Waals surface area contributed by atoms with Gasteiger partial charge in [0, 0.05) is 24.3 Å². The Morgan fingerprint density at radius 2 is 2.25 bits per heavy atom. The topological polar surface area (TPSA) is 48.4 Å². The maximum Gasteiger partial charge on any atom is 0.188 e. The predicted octanol–water partition coefficient (Wildman–Crippen LogP) is 2.03. The van der Waals surface area contributed by atoms with Gasteiger partial charge in [0.2, 0.25) is 0 Å². The molecule has 82 valence electrons. The molecule has 0 aliphatic carbocycles. The van der Waals surface area contributed by atoms with Crippen LogP contribution in [0.15, 0.2) is 30.5 Å². The van der Waals surface area contributed by atoms with Gasteiger partial charge >= 0.3 is 0 Å². The van der Waals surface area contributed by atoms with E-state index in [1.807, 2.05) is 6.07 Å². The molecule has 0 atom stereocenters. The highest BCUT2D eigenvalue weighted by Gasteiger charge is 2.06. The lowest BCUT2D eigenvalue weighted by atomic mass is 10.1. The average molecular weight is 217 g/mol. The molecule has 0 fully saturated rings. The van der Waals surface area contributed by atoms with Crippen molar-refractivity contribution in [3.05, 3.63) is 36.0 Å². The first-order valence-corrected chi connectivity index (χ1v) is 4.81. The summed E-state index contributed by atoms with van der Waals surface area (Å²) >= 11 is 0. The lowest BCUT2D eigenvalue weighted by Gasteiger charge is -2.08. The number of fused-ring (bicyclic) bond motifs is 1. The number of pyridine rings is 1. The minimum atomic E-state index is 0.159. The van der Waals surface area contributed by atoms with Gasteiger partial charge in [-0.2, -0.15) is 0 Å². The fourth-order valence-electron chi connectivity index (χ4n) is 1.51. The molecule has 0 bridgehead atoms. The maximum absolute atomic E-state index is 10.9. The predicted molar refractivity (Wildman–Crippen MR) is 59.6 cm³/mol. The van der Waals surface area contributed by atoms with Crippen LogP contribution in [0, 0.1) is 0 Å². The molecule has 0 aliphatic heterocycles. The third kappa shape index (κ3) is 1.87. The van der Waals surface area contributed by atoms with Crippen LogP contribution in [-0.2, 0) is 4.74 Å². The number of ether oxygens (including phenoxy) is 2. The second kappa shape index (κ2) is 4.72. The Morgan fingerprint density at radius 1 is 1.38 bits per heavy atom. The Labute approximate surface area is 92.8 Å². The van der Waals surface area contributed by atoms with Gasteiger partial charge in [0.15, 0.2) is 13.1 Å². The second-order valence-corrected chi connectivity index (χ2v) is 3.22. The van der Waals surface area contributed by atoms with Gasteiger partial charge in [-0.1, -0.05) is 6.07 Å². The summed E-state index contributed by atoms with van der Waals surface area (Å²) in [5.41, 5.74) is 1.28. The number of hydrogen-bond donors (Lipinski definition) is 0. The number of aldehydes is 1. The van der Waals surface area contributed by atoms with E-state index in [0.29, 0.717) is 16.8 Å². The van der Waals surface area contributed by atoms with E-state index in [9.17, 15) is 4.79 Å². The van der Waals surface area contributed by atoms with Crippen LogP contribution in [-0.4, -0.2) is 25.2 Å². The summed E-state index contributed by atoms with van der Waals surface area (Å²) in [6, 6.07) is 7.06. The highest BCUT2D eigenvalue weighted by Crippen LogP contribution is 2.25. The number of nitrogens with zero attached hydrogens (tertiary/aromatic N) is 1. The van der Waals surface area contributed by atoms with E-state index in [-0.39, 0.29) is 6.79 Å². The van der Waals surface area contributed by atoms with Gasteiger partial charge in [-0.3, -0.25) is 9.78 Å². The van der Waals surface area contributed by atoms with Crippen molar-refractivity contribution in [2.45, 2.75) is 0 Å². The number of carbonyl (C=O) groups excluding carboxylic acids is 1. The summed E-state index contributed by atoms with van der Waals surface area (Å²) in [6.45, 7) is 0.159. The van der Waals surface area contributed by atoms with Gasteiger partial charge in [0.1, 0.15) is 11.3 Å². The lowest BCUT2D eigenvalue weighted by molar-refractivity contribution is 0.0521. The fraction of sp³-hybridized carbons (Fsp3) is 0.167. The fourth-order valence-corrected chi connectivity index (χ4v) is 1.51. The van der Waals surface area contributed by atoms with Crippen LogP contribution in [0.5, 0.6) is 5.75 Å². The zero-order valence-corrected chi connectivity index (χ0v) is 8.84. The highest BCUT2D eigenvalue weighted by atomic mass is 16.7. The Bertz CT molecular complexity index is 511. The SMILES string of the molecule is COCOc1ccc(C=O)c2cccnc12. The normalized spacial score (nSPS) is 10.3. The largest absolute Gasteiger partial charge is 0.465 e. The first kappa shape index (κ1) is 10.6. The van der Waals surface area contributed by atoms with Crippen LogP contribution in [0.25, 0.3) is 10.9 Å². The summed E-state index contributed by atoms with van der Waals surface area (Å²) < 4.78 is 10.2. The molecular formula is C12H11NO3. The zero-order chi connectivity index (χ0) is 11.4. The molecule has 0 amide bonds. The molecule has 0 saturated heterocycles. The number of aromatic nitrogens is 1. The molecule has 4 heteroatoms. The van der Waals surface area contributed by atoms with E-state index in [1.165, 1.54) is 0 Å². The first-order valence-electron chi connectivity index (χ1n) is 4.81. The second-order valence-electron chi connectivity index (χ2n) is 3.22. The molecule has 1 aromatic carbocycles. The minimum absolute atomic E-state index is 0.159. The molecule has 1 aromatic heterocycles. The molecule has 4 nitrogen and oxygen atoms in total. The maximum atomic E-state index is 10.9. The zero-order valence-electron chi connectivity index (χ0n) is 8.84. The average Bonchev–Trinajstić information content (AvgIpc) is 2.36. The monoisotopic (exact) mass is 217 g/mol. The highest BCUT2D eigenvalue weighted by molar-refractivity contribution is 5.98. The summed E-state index contributed by atoms with van der Waals surface area (Å²) in [7, 11) is 1.55. The molecule has 0 N–H and O–H groups in total. The van der Waals surface area contributed by atoms with Gasteiger partial charge in [-0.15, -0.1) is 0 Å². The van der Waals surface area contributed by atoms with Crippen molar-refractivity contribution in [3.8, 4) is 5.75 Å². The number of methoxy groups -OCH3 is 1. The number of rotatable bonds is 4. The summed E-state index contributed by atoms with van der Waals surface area (Å²) in [5, 5.41) is 0.783. The molecule has 16 heavy (non-hydrogen) atoms.